The molecule has 5 unspecified atom stereocenters. The molecule has 0 spiro atoms. The molecule has 0 aromatic heterocycles. The Bertz CT molecular complexity index is 726. The third kappa shape index (κ3) is 9.73. The maximum Gasteiger partial charge on any atom is 0.326 e. The molecular formula is C19H32N4O9. The van der Waals surface area contributed by atoms with Gasteiger partial charge in [0.15, 0.2) is 0 Å². The van der Waals surface area contributed by atoms with Crippen LogP contribution < -0.4 is 21.7 Å². The summed E-state index contributed by atoms with van der Waals surface area (Å²) >= 11 is 0. The fraction of sp³-hybridized carbons (Fsp3) is 0.684. The van der Waals surface area contributed by atoms with Crippen molar-refractivity contribution < 1.29 is 44.1 Å². The van der Waals surface area contributed by atoms with Crippen molar-refractivity contribution in [3.63, 3.8) is 0 Å². The Balaban J connectivity index is 5.51. The van der Waals surface area contributed by atoms with Crippen LogP contribution in [0.3, 0.4) is 0 Å². The largest absolute Gasteiger partial charge is 0.481 e. The molecule has 3 amide bonds. The van der Waals surface area contributed by atoms with Crippen molar-refractivity contribution in [1.82, 2.24) is 16.0 Å². The molecule has 0 heterocycles. The van der Waals surface area contributed by atoms with E-state index in [1.54, 1.807) is 27.7 Å². The van der Waals surface area contributed by atoms with Gasteiger partial charge in [-0.2, -0.15) is 0 Å². The minimum atomic E-state index is -1.61. The molecule has 13 nitrogen and oxygen atoms in total. The summed E-state index contributed by atoms with van der Waals surface area (Å²) in [5.74, 6) is -7.87. The van der Waals surface area contributed by atoms with Crippen molar-refractivity contribution in [3.8, 4) is 0 Å². The van der Waals surface area contributed by atoms with Gasteiger partial charge in [-0.15, -0.1) is 0 Å². The summed E-state index contributed by atoms with van der Waals surface area (Å²) in [6.45, 7) is 6.43. The number of carboxylic acids is 3. The number of nitrogens with one attached hydrogen (secondary N) is 3. The lowest BCUT2D eigenvalue weighted by atomic mass is 9.98. The first-order chi connectivity index (χ1) is 14.7. The van der Waals surface area contributed by atoms with Crippen LogP contribution in [0.15, 0.2) is 0 Å². The van der Waals surface area contributed by atoms with E-state index in [2.05, 4.69) is 16.0 Å². The van der Waals surface area contributed by atoms with Gasteiger partial charge in [0.25, 0.3) is 0 Å². The number of amides is 3. The molecule has 0 saturated heterocycles. The molecule has 32 heavy (non-hydrogen) atoms. The van der Waals surface area contributed by atoms with E-state index in [0.717, 1.165) is 0 Å². The molecule has 8 N–H and O–H groups in total. The summed E-state index contributed by atoms with van der Waals surface area (Å²) in [6.07, 6.45) is -1.08. The predicted molar refractivity (Wildman–Crippen MR) is 110 cm³/mol. The van der Waals surface area contributed by atoms with Gasteiger partial charge in [-0.1, -0.05) is 34.1 Å². The number of nitrogens with two attached hydrogens (primary N) is 1. The summed E-state index contributed by atoms with van der Waals surface area (Å²) < 4.78 is 0. The molecular weight excluding hydrogens is 428 g/mol. The number of carboxylic acid groups (broad SMARTS) is 3. The maximum atomic E-state index is 12.7. The van der Waals surface area contributed by atoms with Crippen molar-refractivity contribution in [2.45, 2.75) is 71.1 Å². The van der Waals surface area contributed by atoms with Gasteiger partial charge in [-0.25, -0.2) is 4.79 Å². The second kappa shape index (κ2) is 13.2. The van der Waals surface area contributed by atoms with Crippen LogP contribution in [0.2, 0.25) is 0 Å². The Kier molecular flexibility index (Phi) is 11.9. The van der Waals surface area contributed by atoms with Gasteiger partial charge in [-0.3, -0.25) is 24.0 Å². The van der Waals surface area contributed by atoms with Crippen molar-refractivity contribution >= 4 is 35.6 Å². The molecule has 0 bridgehead atoms. The zero-order valence-electron chi connectivity index (χ0n) is 18.5. The third-order valence-corrected chi connectivity index (χ3v) is 4.77. The second-order valence-electron chi connectivity index (χ2n) is 7.80. The molecule has 13 heteroatoms. The average molecular weight is 460 g/mol. The van der Waals surface area contributed by atoms with Crippen LogP contribution in [0, 0.1) is 11.8 Å². The highest BCUT2D eigenvalue weighted by atomic mass is 16.4. The fourth-order valence-corrected chi connectivity index (χ4v) is 2.66. The van der Waals surface area contributed by atoms with E-state index in [-0.39, 0.29) is 0 Å². The topological polar surface area (TPSA) is 225 Å². The predicted octanol–water partition coefficient (Wildman–Crippen LogP) is -1.50. The van der Waals surface area contributed by atoms with Crippen LogP contribution in [-0.4, -0.2) is 75.1 Å². The molecule has 0 aliphatic carbocycles. The minimum absolute atomic E-state index is 0.422. The standard InChI is InChI=1S/C19H32N4O9/c1-5-9(4)15(19(31)32)23-17(29)11(7-13(26)27)21-18(30)14(8(2)3)22-16(28)10(20)6-12(24)25/h8-11,14-15H,5-7,20H2,1-4H3,(H,21,30)(H,22,28)(H,23,29)(H,24,25)(H,26,27)(H,31,32). The van der Waals surface area contributed by atoms with Crippen molar-refractivity contribution in [3.05, 3.63) is 0 Å². The van der Waals surface area contributed by atoms with Crippen molar-refractivity contribution in [2.75, 3.05) is 0 Å². The summed E-state index contributed by atoms with van der Waals surface area (Å²) in [6, 6.07) is -5.59. The molecule has 0 aliphatic rings. The number of carbonyl (C=O) groups is 6. The number of carbonyl (C=O) groups excluding carboxylic acids is 3. The molecule has 0 fully saturated rings. The van der Waals surface area contributed by atoms with E-state index in [0.29, 0.717) is 6.42 Å². The fourth-order valence-electron chi connectivity index (χ4n) is 2.66. The lowest BCUT2D eigenvalue weighted by Gasteiger charge is -2.27. The Hall–Kier alpha value is -3.22. The average Bonchev–Trinajstić information content (AvgIpc) is 2.66. The van der Waals surface area contributed by atoms with E-state index >= 15 is 0 Å². The number of hydrogen-bond acceptors (Lipinski definition) is 7. The van der Waals surface area contributed by atoms with Gasteiger partial charge in [0.1, 0.15) is 18.1 Å². The van der Waals surface area contributed by atoms with Gasteiger partial charge in [0.2, 0.25) is 17.7 Å². The highest BCUT2D eigenvalue weighted by molar-refractivity contribution is 5.96. The van der Waals surface area contributed by atoms with Crippen molar-refractivity contribution in [2.24, 2.45) is 17.6 Å². The number of rotatable bonds is 14. The molecule has 0 aromatic rings. The first-order valence-electron chi connectivity index (χ1n) is 10.0. The first-order valence-corrected chi connectivity index (χ1v) is 10.0. The number of aliphatic carboxylic acids is 3. The summed E-state index contributed by atoms with van der Waals surface area (Å²) in [5.41, 5.74) is 5.48. The van der Waals surface area contributed by atoms with Crippen LogP contribution in [-0.2, 0) is 28.8 Å². The van der Waals surface area contributed by atoms with Crippen LogP contribution >= 0.6 is 0 Å². The van der Waals surface area contributed by atoms with Crippen LogP contribution in [0.25, 0.3) is 0 Å². The van der Waals surface area contributed by atoms with E-state index in [1.165, 1.54) is 0 Å². The zero-order valence-corrected chi connectivity index (χ0v) is 18.5. The molecule has 5 atom stereocenters. The quantitative estimate of drug-likeness (QED) is 0.159. The highest BCUT2D eigenvalue weighted by Gasteiger charge is 2.34. The lowest BCUT2D eigenvalue weighted by Crippen LogP contribution is -2.59. The summed E-state index contributed by atoms with van der Waals surface area (Å²) in [4.78, 5) is 70.7. The Morgan fingerprint density at radius 3 is 1.66 bits per heavy atom. The Morgan fingerprint density at radius 1 is 0.750 bits per heavy atom. The molecule has 0 aliphatic heterocycles. The molecule has 182 valence electrons. The molecule has 0 aromatic carbocycles. The Morgan fingerprint density at radius 2 is 1.25 bits per heavy atom. The monoisotopic (exact) mass is 460 g/mol. The van der Waals surface area contributed by atoms with Gasteiger partial charge < -0.3 is 37.0 Å². The lowest BCUT2D eigenvalue weighted by molar-refractivity contribution is -0.144. The van der Waals surface area contributed by atoms with E-state index in [1.807, 2.05) is 0 Å². The minimum Gasteiger partial charge on any atom is -0.481 e. The maximum absolute atomic E-state index is 12.7. The van der Waals surface area contributed by atoms with Crippen LogP contribution in [0.5, 0.6) is 0 Å². The first kappa shape index (κ1) is 28.8. The highest BCUT2D eigenvalue weighted by Crippen LogP contribution is 2.10. The number of hydrogen-bond donors (Lipinski definition) is 7. The summed E-state index contributed by atoms with van der Waals surface area (Å²) in [5, 5.41) is 33.9. The summed E-state index contributed by atoms with van der Waals surface area (Å²) in [7, 11) is 0. The van der Waals surface area contributed by atoms with Gasteiger partial charge in [-0.05, 0) is 11.8 Å². The third-order valence-electron chi connectivity index (χ3n) is 4.77. The van der Waals surface area contributed by atoms with E-state index < -0.39 is 84.5 Å². The van der Waals surface area contributed by atoms with Crippen LogP contribution in [0.4, 0.5) is 0 Å². The van der Waals surface area contributed by atoms with Crippen LogP contribution in [0.1, 0.15) is 47.0 Å². The van der Waals surface area contributed by atoms with E-state index in [4.69, 9.17) is 15.9 Å². The molecule has 0 saturated carbocycles. The van der Waals surface area contributed by atoms with Gasteiger partial charge in [0, 0.05) is 0 Å². The second-order valence-corrected chi connectivity index (χ2v) is 7.80. The SMILES string of the molecule is CCC(C)C(NC(=O)C(CC(=O)O)NC(=O)C(NC(=O)C(N)CC(=O)O)C(C)C)C(=O)O. The van der Waals surface area contributed by atoms with Gasteiger partial charge >= 0.3 is 17.9 Å². The normalized spacial score (nSPS) is 15.6. The smallest absolute Gasteiger partial charge is 0.326 e. The molecule has 0 rings (SSSR count). The molecule has 0 radical (unpaired) electrons. The zero-order chi connectivity index (χ0) is 25.2. The van der Waals surface area contributed by atoms with Gasteiger partial charge in [0.05, 0.1) is 18.9 Å². The Labute approximate surface area is 185 Å². The van der Waals surface area contributed by atoms with E-state index in [9.17, 15) is 33.9 Å². The van der Waals surface area contributed by atoms with Crippen molar-refractivity contribution in [1.29, 1.82) is 0 Å².